The van der Waals surface area contributed by atoms with E-state index in [2.05, 4.69) is 20.3 Å². The Morgan fingerprint density at radius 2 is 2.28 bits per heavy atom. The van der Waals surface area contributed by atoms with Gasteiger partial charge in [-0.1, -0.05) is 11.6 Å². The van der Waals surface area contributed by atoms with E-state index in [9.17, 15) is 4.79 Å². The molecule has 6 heteroatoms. The van der Waals surface area contributed by atoms with Crippen molar-refractivity contribution in [2.24, 2.45) is 0 Å². The number of hydrogen-bond acceptors (Lipinski definition) is 3. The zero-order valence-electron chi connectivity index (χ0n) is 10.1. The van der Waals surface area contributed by atoms with Crippen LogP contribution in [0.5, 0.6) is 0 Å². The molecule has 2 aromatic rings. The maximum absolute atomic E-state index is 12.0. The molecule has 0 bridgehead atoms. The van der Waals surface area contributed by atoms with Gasteiger partial charge in [0.15, 0.2) is 0 Å². The largest absolute Gasteiger partial charge is 0.344 e. The number of halogens is 1. The number of aryl methyl sites for hydroxylation is 1. The number of imidazole rings is 1. The molecule has 0 spiro atoms. The number of nitrogens with one attached hydrogen (secondary N) is 2. The number of nitrogens with zero attached hydrogens (tertiary/aromatic N) is 2. The van der Waals surface area contributed by atoms with Crippen LogP contribution in [0, 0.1) is 6.92 Å². The smallest absolute Gasteiger partial charge is 0.253 e. The summed E-state index contributed by atoms with van der Waals surface area (Å²) in [5.74, 6) is 0.468. The normalized spacial score (nSPS) is 12.2. The van der Waals surface area contributed by atoms with E-state index in [-0.39, 0.29) is 11.9 Å². The fourth-order valence-electron chi connectivity index (χ4n) is 1.56. The summed E-state index contributed by atoms with van der Waals surface area (Å²) in [6, 6.07) is 1.37. The van der Waals surface area contributed by atoms with E-state index in [4.69, 9.17) is 11.6 Å². The highest BCUT2D eigenvalue weighted by molar-refractivity contribution is 6.33. The minimum absolute atomic E-state index is 0.213. The summed E-state index contributed by atoms with van der Waals surface area (Å²) in [4.78, 5) is 23.1. The van der Waals surface area contributed by atoms with Crippen LogP contribution in [0.25, 0.3) is 0 Å². The molecule has 0 aliphatic rings. The Labute approximate surface area is 110 Å². The molecule has 0 aliphatic carbocycles. The third-order valence-corrected chi connectivity index (χ3v) is 2.80. The first-order valence-electron chi connectivity index (χ1n) is 5.50. The van der Waals surface area contributed by atoms with E-state index in [1.165, 1.54) is 12.4 Å². The van der Waals surface area contributed by atoms with E-state index in [0.717, 1.165) is 5.69 Å². The quantitative estimate of drug-likeness (QED) is 0.893. The molecule has 94 valence electrons. The van der Waals surface area contributed by atoms with Gasteiger partial charge in [-0.25, -0.2) is 4.98 Å². The number of rotatable bonds is 3. The van der Waals surface area contributed by atoms with Crippen molar-refractivity contribution < 1.29 is 4.79 Å². The van der Waals surface area contributed by atoms with Crippen molar-refractivity contribution >= 4 is 17.5 Å². The predicted octanol–water partition coefficient (Wildman–Crippen LogP) is 2.26. The third-order valence-electron chi connectivity index (χ3n) is 2.50. The van der Waals surface area contributed by atoms with Crippen molar-refractivity contribution in [1.82, 2.24) is 20.3 Å². The van der Waals surface area contributed by atoms with Crippen LogP contribution in [-0.2, 0) is 0 Å². The first-order chi connectivity index (χ1) is 8.58. The second-order valence-corrected chi connectivity index (χ2v) is 4.41. The lowest BCUT2D eigenvalue weighted by molar-refractivity contribution is 0.0938. The van der Waals surface area contributed by atoms with Gasteiger partial charge in [-0.15, -0.1) is 0 Å². The Morgan fingerprint density at radius 1 is 1.50 bits per heavy atom. The Morgan fingerprint density at radius 3 is 2.89 bits per heavy atom. The highest BCUT2D eigenvalue weighted by Crippen LogP contribution is 2.15. The van der Waals surface area contributed by atoms with Gasteiger partial charge in [0.2, 0.25) is 0 Å². The SMILES string of the molecule is Cc1cnc([C@H](C)NC(=O)c2ccncc2Cl)[nH]1. The van der Waals surface area contributed by atoms with Crippen LogP contribution in [0.4, 0.5) is 0 Å². The van der Waals surface area contributed by atoms with Crippen LogP contribution in [-0.4, -0.2) is 20.9 Å². The Hall–Kier alpha value is -1.88. The van der Waals surface area contributed by atoms with Crippen LogP contribution in [0.2, 0.25) is 5.02 Å². The molecule has 1 atom stereocenters. The summed E-state index contributed by atoms with van der Waals surface area (Å²) in [6.45, 7) is 3.76. The molecule has 2 heterocycles. The van der Waals surface area contributed by atoms with Gasteiger partial charge in [-0.2, -0.15) is 0 Å². The maximum Gasteiger partial charge on any atom is 0.253 e. The van der Waals surface area contributed by atoms with Crippen LogP contribution in [0.3, 0.4) is 0 Å². The van der Waals surface area contributed by atoms with Gasteiger partial charge in [0, 0.05) is 24.3 Å². The standard InChI is InChI=1S/C12H13ClN4O/c1-7-5-15-11(16-7)8(2)17-12(18)9-3-4-14-6-10(9)13/h3-6,8H,1-2H3,(H,15,16)(H,17,18)/t8-/m0/s1. The molecule has 18 heavy (non-hydrogen) atoms. The topological polar surface area (TPSA) is 70.7 Å². The van der Waals surface area contributed by atoms with Gasteiger partial charge in [0.05, 0.1) is 16.6 Å². The lowest BCUT2D eigenvalue weighted by Crippen LogP contribution is -2.27. The molecule has 0 unspecified atom stereocenters. The van der Waals surface area contributed by atoms with Crippen molar-refractivity contribution in [2.75, 3.05) is 0 Å². The molecule has 1 amide bonds. The Kier molecular flexibility index (Phi) is 3.62. The molecule has 0 aliphatic heterocycles. The zero-order valence-corrected chi connectivity index (χ0v) is 10.8. The van der Waals surface area contributed by atoms with Gasteiger partial charge in [0.1, 0.15) is 5.82 Å². The molecule has 5 nitrogen and oxygen atoms in total. The van der Waals surface area contributed by atoms with Crippen LogP contribution >= 0.6 is 11.6 Å². The van der Waals surface area contributed by atoms with Crippen LogP contribution in [0.1, 0.15) is 34.8 Å². The van der Waals surface area contributed by atoms with Gasteiger partial charge in [0.25, 0.3) is 5.91 Å². The van der Waals surface area contributed by atoms with Crippen LogP contribution in [0.15, 0.2) is 24.7 Å². The molecule has 2 aromatic heterocycles. The second kappa shape index (κ2) is 5.18. The lowest BCUT2D eigenvalue weighted by atomic mass is 10.2. The number of amides is 1. The van der Waals surface area contributed by atoms with E-state index in [1.54, 1.807) is 12.3 Å². The van der Waals surface area contributed by atoms with Crippen molar-refractivity contribution in [3.05, 3.63) is 46.8 Å². The molecular formula is C12H13ClN4O. The maximum atomic E-state index is 12.0. The number of pyridine rings is 1. The predicted molar refractivity (Wildman–Crippen MR) is 68.5 cm³/mol. The fourth-order valence-corrected chi connectivity index (χ4v) is 1.76. The van der Waals surface area contributed by atoms with Gasteiger partial charge < -0.3 is 10.3 Å². The number of hydrogen-bond donors (Lipinski definition) is 2. The summed E-state index contributed by atoms with van der Waals surface area (Å²) in [7, 11) is 0. The van der Waals surface area contributed by atoms with E-state index in [1.807, 2.05) is 13.8 Å². The van der Waals surface area contributed by atoms with E-state index < -0.39 is 0 Å². The summed E-state index contributed by atoms with van der Waals surface area (Å²) in [6.07, 6.45) is 4.69. The van der Waals surface area contributed by atoms with E-state index >= 15 is 0 Å². The average Bonchev–Trinajstić information content (AvgIpc) is 2.76. The molecule has 0 radical (unpaired) electrons. The Balaban J connectivity index is 2.10. The van der Waals surface area contributed by atoms with Crippen molar-refractivity contribution in [2.45, 2.75) is 19.9 Å². The summed E-state index contributed by atoms with van der Waals surface area (Å²) in [5, 5.41) is 3.15. The zero-order chi connectivity index (χ0) is 13.1. The van der Waals surface area contributed by atoms with Gasteiger partial charge >= 0.3 is 0 Å². The average molecular weight is 265 g/mol. The molecule has 2 rings (SSSR count). The minimum Gasteiger partial charge on any atom is -0.344 e. The number of H-pyrrole nitrogens is 1. The summed E-state index contributed by atoms with van der Waals surface area (Å²) in [5.41, 5.74) is 1.36. The highest BCUT2D eigenvalue weighted by Gasteiger charge is 2.15. The summed E-state index contributed by atoms with van der Waals surface area (Å²) < 4.78 is 0. The molecule has 0 fully saturated rings. The van der Waals surface area contributed by atoms with Crippen molar-refractivity contribution in [1.29, 1.82) is 0 Å². The van der Waals surface area contributed by atoms with Gasteiger partial charge in [-0.3, -0.25) is 9.78 Å². The Bertz CT molecular complexity index is 567. The molecule has 0 saturated heterocycles. The monoisotopic (exact) mass is 264 g/mol. The first-order valence-corrected chi connectivity index (χ1v) is 5.87. The van der Waals surface area contributed by atoms with Crippen molar-refractivity contribution in [3.8, 4) is 0 Å². The highest BCUT2D eigenvalue weighted by atomic mass is 35.5. The number of aromatic amines is 1. The fraction of sp³-hybridized carbons (Fsp3) is 0.250. The first kappa shape index (κ1) is 12.6. The second-order valence-electron chi connectivity index (χ2n) is 4.00. The molecule has 0 saturated carbocycles. The van der Waals surface area contributed by atoms with Crippen LogP contribution < -0.4 is 5.32 Å². The van der Waals surface area contributed by atoms with Gasteiger partial charge in [-0.05, 0) is 19.9 Å². The number of carbonyl (C=O) groups excluding carboxylic acids is 1. The number of aromatic nitrogens is 3. The lowest BCUT2D eigenvalue weighted by Gasteiger charge is -2.12. The summed E-state index contributed by atoms with van der Waals surface area (Å²) >= 11 is 5.91. The van der Waals surface area contributed by atoms with E-state index in [0.29, 0.717) is 16.4 Å². The third kappa shape index (κ3) is 2.68. The van der Waals surface area contributed by atoms with Crippen molar-refractivity contribution in [3.63, 3.8) is 0 Å². The molecule has 0 aromatic carbocycles. The molecule has 2 N–H and O–H groups in total. The minimum atomic E-state index is -0.246. The number of carbonyl (C=O) groups is 1. The molecular weight excluding hydrogens is 252 g/mol.